The van der Waals surface area contributed by atoms with Crippen LogP contribution in [0.3, 0.4) is 0 Å². The Balaban J connectivity index is -0.000000112. The van der Waals surface area contributed by atoms with Crippen LogP contribution in [0.15, 0.2) is 30.3 Å². The number of carbonyl (C=O) groups is 11. The van der Waals surface area contributed by atoms with E-state index >= 15 is 0 Å². The van der Waals surface area contributed by atoms with Crippen molar-refractivity contribution in [2.75, 3.05) is 46.8 Å². The van der Waals surface area contributed by atoms with E-state index in [0.29, 0.717) is 38.1 Å². The lowest BCUT2D eigenvalue weighted by molar-refractivity contribution is -0.163. The van der Waals surface area contributed by atoms with E-state index in [1.807, 2.05) is 73.6 Å². The van der Waals surface area contributed by atoms with Crippen LogP contribution in [-0.4, -0.2) is 130 Å². The van der Waals surface area contributed by atoms with Crippen LogP contribution < -0.4 is 4.74 Å². The van der Waals surface area contributed by atoms with Crippen LogP contribution in [0.4, 0.5) is 0 Å². The fourth-order valence-corrected chi connectivity index (χ4v) is 3.28. The quantitative estimate of drug-likeness (QED) is 0.0691. The molecule has 0 heterocycles. The van der Waals surface area contributed by atoms with Crippen molar-refractivity contribution in [3.63, 3.8) is 0 Å². The third-order valence-corrected chi connectivity index (χ3v) is 5.70. The molecule has 0 N–H and O–H groups in total. The van der Waals surface area contributed by atoms with Crippen molar-refractivity contribution < 1.29 is 105 Å². The lowest BCUT2D eigenvalue weighted by Crippen LogP contribution is -2.29. The molecular weight excluding hydrogens is 977 g/mol. The van der Waals surface area contributed by atoms with Crippen molar-refractivity contribution in [3.05, 3.63) is 30.3 Å². The number of para-hydroxylation sites is 1. The van der Waals surface area contributed by atoms with Gasteiger partial charge in [0.2, 0.25) is 0 Å². The first-order valence-corrected chi connectivity index (χ1v) is 23.6. The lowest BCUT2D eigenvalue weighted by Gasteiger charge is -2.17. The van der Waals surface area contributed by atoms with E-state index in [0.717, 1.165) is 19.3 Å². The number of rotatable bonds is 15. The van der Waals surface area contributed by atoms with Gasteiger partial charge in [-0.15, -0.1) is 0 Å². The first-order valence-electron chi connectivity index (χ1n) is 23.6. The largest absolute Gasteiger partial charge is 0.469 e. The molecule has 0 fully saturated rings. The second-order valence-electron chi connectivity index (χ2n) is 16.0. The highest BCUT2D eigenvalue weighted by molar-refractivity contribution is 5.70. The average molecular weight is 1070 g/mol. The highest BCUT2D eigenvalue weighted by Gasteiger charge is 2.15. The van der Waals surface area contributed by atoms with Gasteiger partial charge >= 0.3 is 65.7 Å². The van der Waals surface area contributed by atoms with E-state index < -0.39 is 24.0 Å². The number of benzene rings is 1. The first kappa shape index (κ1) is 84.2. The molecule has 1 aromatic carbocycles. The summed E-state index contributed by atoms with van der Waals surface area (Å²) in [6.07, 6.45) is 2.22. The maximum Gasteiger partial charge on any atom is 0.308 e. The minimum Gasteiger partial charge on any atom is -0.469 e. The van der Waals surface area contributed by atoms with Crippen LogP contribution in [0.2, 0.25) is 0 Å². The summed E-state index contributed by atoms with van der Waals surface area (Å²) >= 11 is 0. The molecule has 22 nitrogen and oxygen atoms in total. The number of hydrogen-bond acceptors (Lipinski definition) is 22. The molecule has 0 spiro atoms. The topological polar surface area (TPSA) is 289 Å². The molecular formula is C52H92O22. The minimum atomic E-state index is -0.754. The van der Waals surface area contributed by atoms with E-state index in [-0.39, 0.29) is 72.7 Å². The first-order chi connectivity index (χ1) is 33.9. The van der Waals surface area contributed by atoms with E-state index in [9.17, 15) is 52.7 Å². The Morgan fingerprint density at radius 3 is 1.01 bits per heavy atom. The second-order valence-corrected chi connectivity index (χ2v) is 16.0. The van der Waals surface area contributed by atoms with E-state index in [1.165, 1.54) is 83.3 Å². The van der Waals surface area contributed by atoms with Crippen molar-refractivity contribution in [1.82, 2.24) is 0 Å². The molecule has 0 aliphatic heterocycles. The van der Waals surface area contributed by atoms with Gasteiger partial charge in [0, 0.05) is 76.2 Å². The zero-order valence-electron chi connectivity index (χ0n) is 48.5. The SMILES string of the molecule is CC(=O)OC(C)(C)C.CC(=O)OC(C)C.CC(=O)OCC(C)C.CC(=O)OCC(COC(C)=O)OC(C)=O.CC(=O)Oc1ccccc1.CCCCOC(C)=O.CCCOC(C)=O.CCOC(C)=O.COC(C)=O. The average Bonchev–Trinajstić information content (AvgIpc) is 3.23. The van der Waals surface area contributed by atoms with Crippen molar-refractivity contribution in [2.45, 2.75) is 182 Å². The molecule has 0 amide bonds. The highest BCUT2D eigenvalue weighted by atomic mass is 16.6. The van der Waals surface area contributed by atoms with E-state index in [2.05, 4.69) is 44.8 Å². The van der Waals surface area contributed by atoms with Crippen molar-refractivity contribution >= 4 is 65.7 Å². The lowest BCUT2D eigenvalue weighted by atomic mass is 10.2. The molecule has 0 bridgehead atoms. The van der Waals surface area contributed by atoms with Crippen LogP contribution in [0.5, 0.6) is 5.75 Å². The summed E-state index contributed by atoms with van der Waals surface area (Å²) in [5.41, 5.74) is -0.328. The zero-order chi connectivity index (χ0) is 59.8. The maximum atomic E-state index is 10.6. The summed E-state index contributed by atoms with van der Waals surface area (Å²) in [7, 11) is 1.35. The molecule has 0 saturated carbocycles. The zero-order valence-corrected chi connectivity index (χ0v) is 48.5. The van der Waals surface area contributed by atoms with Gasteiger partial charge in [-0.3, -0.25) is 52.7 Å². The second kappa shape index (κ2) is 59.0. The fourth-order valence-electron chi connectivity index (χ4n) is 3.28. The van der Waals surface area contributed by atoms with Gasteiger partial charge in [0.15, 0.2) is 6.10 Å². The molecule has 0 aromatic heterocycles. The fraction of sp³-hybridized carbons (Fsp3) is 0.673. The smallest absolute Gasteiger partial charge is 0.308 e. The number of methoxy groups -OCH3 is 1. The molecule has 0 aliphatic carbocycles. The molecule has 0 unspecified atom stereocenters. The Bertz CT molecular complexity index is 1610. The highest BCUT2D eigenvalue weighted by Crippen LogP contribution is 2.08. The van der Waals surface area contributed by atoms with Crippen LogP contribution in [0.1, 0.15) is 165 Å². The number of hydrogen-bond donors (Lipinski definition) is 0. The number of carbonyl (C=O) groups excluding carboxylic acids is 11. The molecule has 432 valence electrons. The molecule has 74 heavy (non-hydrogen) atoms. The monoisotopic (exact) mass is 1070 g/mol. The van der Waals surface area contributed by atoms with E-state index in [1.54, 1.807) is 19.1 Å². The predicted molar refractivity (Wildman–Crippen MR) is 275 cm³/mol. The van der Waals surface area contributed by atoms with Crippen molar-refractivity contribution in [3.8, 4) is 5.75 Å². The number of esters is 11. The maximum absolute atomic E-state index is 10.6. The summed E-state index contributed by atoms with van der Waals surface area (Å²) in [6, 6.07) is 8.98. The van der Waals surface area contributed by atoms with Crippen LogP contribution >= 0.6 is 0 Å². The molecule has 22 heteroatoms. The standard InChI is InChI=1S/C9H14O6.C8H8O2.3C6H12O2.2C5H10O2.C4H8O2.C3H6O2/c1-6(10)13-4-9(15-8(3)12)5-14-7(2)11;1-7(9)10-8-5-3-2-4-6-8;1-5(7)8-6(2,3)4;1-5(2)4-8-6(3)7;1-3-4-5-8-6(2)7;1-4(2)7-5(3)6;1-3-4-7-5(2)6;1-3-6-4(2)5;1-3(4)5-2/h9H,4-5H2,1-3H3;2-6H,1H3;1-4H3;5H,4H2,1-3H3;3-5H2,1-2H3;4H,1-3H3;3-4H2,1-2H3;3H2,1-2H3;1-2H3. The minimum absolute atomic E-state index is 0.0255. The van der Waals surface area contributed by atoms with Gasteiger partial charge in [-0.2, -0.15) is 0 Å². The Labute approximate surface area is 440 Å². The Kier molecular flexibility index (Phi) is 67.1. The summed E-state index contributed by atoms with van der Waals surface area (Å²) in [5, 5.41) is 0. The number of ether oxygens (including phenoxy) is 11. The molecule has 0 radical (unpaired) electrons. The van der Waals surface area contributed by atoms with Gasteiger partial charge in [0.1, 0.15) is 24.6 Å². The van der Waals surface area contributed by atoms with Gasteiger partial charge in [-0.25, -0.2) is 0 Å². The van der Waals surface area contributed by atoms with Crippen LogP contribution in [0, 0.1) is 5.92 Å². The third kappa shape index (κ3) is 121. The summed E-state index contributed by atoms with van der Waals surface area (Å²) in [6.45, 7) is 35.8. The van der Waals surface area contributed by atoms with Gasteiger partial charge in [-0.1, -0.05) is 52.3 Å². The van der Waals surface area contributed by atoms with Gasteiger partial charge < -0.3 is 52.1 Å². The Hall–Kier alpha value is -6.61. The van der Waals surface area contributed by atoms with Crippen molar-refractivity contribution in [2.24, 2.45) is 5.92 Å². The molecule has 1 rings (SSSR count). The number of unbranched alkanes of at least 4 members (excludes halogenated alkanes) is 1. The molecule has 0 saturated heterocycles. The molecule has 1 aromatic rings. The van der Waals surface area contributed by atoms with Gasteiger partial charge in [0.05, 0.1) is 39.6 Å². The predicted octanol–water partition coefficient (Wildman–Crippen LogP) is 8.23. The Morgan fingerprint density at radius 2 is 0.824 bits per heavy atom. The van der Waals surface area contributed by atoms with Crippen LogP contribution in [0.25, 0.3) is 0 Å². The van der Waals surface area contributed by atoms with Gasteiger partial charge in [0.25, 0.3) is 0 Å². The summed E-state index contributed by atoms with van der Waals surface area (Å²) in [5.74, 6) is -2.22. The summed E-state index contributed by atoms with van der Waals surface area (Å²) in [4.78, 5) is 112. The van der Waals surface area contributed by atoms with Gasteiger partial charge in [-0.05, 0) is 72.4 Å². The van der Waals surface area contributed by atoms with Crippen LogP contribution in [-0.2, 0) is 100 Å². The van der Waals surface area contributed by atoms with Crippen molar-refractivity contribution in [1.29, 1.82) is 0 Å². The molecule has 0 atom stereocenters. The summed E-state index contributed by atoms with van der Waals surface area (Å²) < 4.78 is 50.6. The molecule has 0 aliphatic rings. The normalized spacial score (nSPS) is 9.04. The Morgan fingerprint density at radius 1 is 0.446 bits per heavy atom. The third-order valence-electron chi connectivity index (χ3n) is 5.70. The van der Waals surface area contributed by atoms with E-state index in [4.69, 9.17) is 14.2 Å².